The Morgan fingerprint density at radius 1 is 1.47 bits per heavy atom. The SMILES string of the molecule is CS(=O)CSc1n[nH]c(-c2ccccc2Cl)n1. The van der Waals surface area contributed by atoms with Gasteiger partial charge in [-0.05, 0) is 12.1 Å². The normalized spacial score (nSPS) is 12.6. The van der Waals surface area contributed by atoms with Crippen molar-refractivity contribution in [2.75, 3.05) is 11.3 Å². The van der Waals surface area contributed by atoms with Crippen LogP contribution in [0.15, 0.2) is 29.4 Å². The average molecular weight is 288 g/mol. The van der Waals surface area contributed by atoms with Crippen LogP contribution in [0, 0.1) is 0 Å². The number of hydrogen-bond donors (Lipinski definition) is 1. The third kappa shape index (κ3) is 3.31. The maximum atomic E-state index is 11.0. The molecule has 1 N–H and O–H groups in total. The Hall–Kier alpha value is -0.850. The summed E-state index contributed by atoms with van der Waals surface area (Å²) in [6, 6.07) is 7.42. The third-order valence-corrected chi connectivity index (χ3v) is 4.52. The van der Waals surface area contributed by atoms with Crippen LogP contribution in [0.2, 0.25) is 5.02 Å². The Balaban J connectivity index is 2.18. The van der Waals surface area contributed by atoms with Gasteiger partial charge in [0.1, 0.15) is 0 Å². The van der Waals surface area contributed by atoms with E-state index in [9.17, 15) is 4.21 Å². The second-order valence-corrected chi connectivity index (χ2v) is 6.43. The van der Waals surface area contributed by atoms with E-state index in [1.54, 1.807) is 12.3 Å². The predicted octanol–water partition coefficient (Wildman–Crippen LogP) is 2.55. The molecule has 0 aliphatic heterocycles. The highest BCUT2D eigenvalue weighted by molar-refractivity contribution is 8.10. The minimum Gasteiger partial charge on any atom is -0.259 e. The highest BCUT2D eigenvalue weighted by atomic mass is 35.5. The standard InChI is InChI=1S/C10H10ClN3OS2/c1-17(15)6-16-10-12-9(13-14-10)7-4-2-3-5-8(7)11/h2-5H,6H2,1H3,(H,12,13,14). The Morgan fingerprint density at radius 2 is 2.24 bits per heavy atom. The Bertz CT molecular complexity index is 544. The zero-order valence-electron chi connectivity index (χ0n) is 9.01. The summed E-state index contributed by atoms with van der Waals surface area (Å²) in [5, 5.41) is 8.55. The Labute approximate surface area is 111 Å². The van der Waals surface area contributed by atoms with Gasteiger partial charge in [-0.1, -0.05) is 35.5 Å². The molecule has 0 saturated heterocycles. The molecule has 4 nitrogen and oxygen atoms in total. The van der Waals surface area contributed by atoms with E-state index in [0.717, 1.165) is 5.56 Å². The second-order valence-electron chi connectivity index (χ2n) is 3.28. The molecule has 1 unspecified atom stereocenters. The van der Waals surface area contributed by atoms with Crippen LogP contribution < -0.4 is 0 Å². The van der Waals surface area contributed by atoms with Gasteiger partial charge in [-0.3, -0.25) is 9.31 Å². The number of aromatic amines is 1. The summed E-state index contributed by atoms with van der Waals surface area (Å²) in [5.41, 5.74) is 0.811. The Kier molecular flexibility index (Phi) is 4.20. The van der Waals surface area contributed by atoms with E-state index in [1.165, 1.54) is 11.8 Å². The molecule has 0 fully saturated rings. The number of rotatable bonds is 4. The first-order valence-electron chi connectivity index (χ1n) is 4.77. The fourth-order valence-corrected chi connectivity index (χ4v) is 2.80. The van der Waals surface area contributed by atoms with E-state index in [2.05, 4.69) is 15.2 Å². The number of hydrogen-bond acceptors (Lipinski definition) is 4. The molecule has 1 atom stereocenters. The Morgan fingerprint density at radius 3 is 2.94 bits per heavy atom. The van der Waals surface area contributed by atoms with Crippen molar-refractivity contribution in [3.63, 3.8) is 0 Å². The predicted molar refractivity (Wildman–Crippen MR) is 71.6 cm³/mol. The van der Waals surface area contributed by atoms with Crippen LogP contribution in [-0.4, -0.2) is 30.7 Å². The zero-order valence-corrected chi connectivity index (χ0v) is 11.4. The summed E-state index contributed by atoms with van der Waals surface area (Å²) >= 11 is 7.41. The summed E-state index contributed by atoms with van der Waals surface area (Å²) in [6.45, 7) is 0. The highest BCUT2D eigenvalue weighted by Gasteiger charge is 2.09. The van der Waals surface area contributed by atoms with Crippen LogP contribution in [-0.2, 0) is 10.8 Å². The van der Waals surface area contributed by atoms with Crippen LogP contribution in [0.3, 0.4) is 0 Å². The molecule has 1 aromatic carbocycles. The molecule has 2 aromatic rings. The molecule has 1 heterocycles. The molecule has 0 saturated carbocycles. The van der Waals surface area contributed by atoms with E-state index >= 15 is 0 Å². The average Bonchev–Trinajstić information content (AvgIpc) is 2.75. The fourth-order valence-electron chi connectivity index (χ4n) is 1.22. The third-order valence-electron chi connectivity index (χ3n) is 1.95. The number of benzene rings is 1. The van der Waals surface area contributed by atoms with Gasteiger partial charge in [0.2, 0.25) is 5.16 Å². The molecular formula is C10H10ClN3OS2. The second kappa shape index (κ2) is 5.66. The zero-order chi connectivity index (χ0) is 12.3. The summed E-state index contributed by atoms with van der Waals surface area (Å²) in [5.74, 6) is 0.625. The van der Waals surface area contributed by atoms with Gasteiger partial charge >= 0.3 is 0 Å². The summed E-state index contributed by atoms with van der Waals surface area (Å²) in [6.07, 6.45) is 1.65. The van der Waals surface area contributed by atoms with Crippen molar-refractivity contribution < 1.29 is 4.21 Å². The summed E-state index contributed by atoms with van der Waals surface area (Å²) in [7, 11) is -0.863. The molecule has 7 heteroatoms. The quantitative estimate of drug-likeness (QED) is 0.878. The first-order valence-corrected chi connectivity index (χ1v) is 7.86. The van der Waals surface area contributed by atoms with Gasteiger partial charge < -0.3 is 0 Å². The van der Waals surface area contributed by atoms with Crippen molar-refractivity contribution in [1.82, 2.24) is 15.2 Å². The number of H-pyrrole nitrogens is 1. The first kappa shape index (κ1) is 12.6. The molecular weight excluding hydrogens is 278 g/mol. The lowest BCUT2D eigenvalue weighted by molar-refractivity contribution is 0.689. The highest BCUT2D eigenvalue weighted by Crippen LogP contribution is 2.25. The van der Waals surface area contributed by atoms with Crippen LogP contribution >= 0.6 is 23.4 Å². The maximum absolute atomic E-state index is 11.0. The van der Waals surface area contributed by atoms with E-state index in [1.807, 2.05) is 18.2 Å². The minimum atomic E-state index is -0.863. The molecule has 90 valence electrons. The van der Waals surface area contributed by atoms with Gasteiger partial charge in [-0.2, -0.15) is 0 Å². The number of nitrogens with one attached hydrogen (secondary N) is 1. The lowest BCUT2D eigenvalue weighted by Gasteiger charge is -1.97. The van der Waals surface area contributed by atoms with Gasteiger partial charge in [0.25, 0.3) is 0 Å². The minimum absolute atomic E-state index is 0.486. The topological polar surface area (TPSA) is 58.6 Å². The lowest BCUT2D eigenvalue weighted by Crippen LogP contribution is -1.88. The van der Waals surface area contributed by atoms with E-state index in [4.69, 9.17) is 11.6 Å². The van der Waals surface area contributed by atoms with Crippen molar-refractivity contribution in [3.8, 4) is 11.4 Å². The molecule has 1 aromatic heterocycles. The number of aromatic nitrogens is 3. The van der Waals surface area contributed by atoms with Crippen molar-refractivity contribution >= 4 is 34.2 Å². The molecule has 0 aliphatic rings. The lowest BCUT2D eigenvalue weighted by atomic mass is 10.2. The van der Waals surface area contributed by atoms with Crippen LogP contribution in [0.5, 0.6) is 0 Å². The fraction of sp³-hybridized carbons (Fsp3) is 0.200. The van der Waals surface area contributed by atoms with Crippen molar-refractivity contribution in [2.24, 2.45) is 0 Å². The molecule has 0 spiro atoms. The van der Waals surface area contributed by atoms with Crippen LogP contribution in [0.25, 0.3) is 11.4 Å². The van der Waals surface area contributed by atoms with Crippen molar-refractivity contribution in [2.45, 2.75) is 5.16 Å². The van der Waals surface area contributed by atoms with E-state index < -0.39 is 10.8 Å². The van der Waals surface area contributed by atoms with Gasteiger partial charge in [0, 0.05) is 22.6 Å². The van der Waals surface area contributed by atoms with Crippen LogP contribution in [0.4, 0.5) is 0 Å². The van der Waals surface area contributed by atoms with Gasteiger partial charge in [-0.15, -0.1) is 5.10 Å². The summed E-state index contributed by atoms with van der Waals surface area (Å²) < 4.78 is 11.0. The van der Waals surface area contributed by atoms with Crippen molar-refractivity contribution in [1.29, 1.82) is 0 Å². The van der Waals surface area contributed by atoms with Gasteiger partial charge in [-0.25, -0.2) is 4.98 Å². The first-order chi connectivity index (χ1) is 8.16. The summed E-state index contributed by atoms with van der Waals surface area (Å²) in [4.78, 5) is 4.29. The largest absolute Gasteiger partial charge is 0.259 e. The molecule has 17 heavy (non-hydrogen) atoms. The number of thioether (sulfide) groups is 1. The number of nitrogens with zero attached hydrogens (tertiary/aromatic N) is 2. The van der Waals surface area contributed by atoms with Gasteiger partial charge in [0.05, 0.1) is 10.1 Å². The van der Waals surface area contributed by atoms with E-state index in [-0.39, 0.29) is 0 Å². The van der Waals surface area contributed by atoms with Gasteiger partial charge in [0.15, 0.2) is 5.82 Å². The van der Waals surface area contributed by atoms with E-state index in [0.29, 0.717) is 21.1 Å². The number of halogens is 1. The smallest absolute Gasteiger partial charge is 0.209 e. The molecule has 0 radical (unpaired) electrons. The monoisotopic (exact) mass is 287 g/mol. The molecule has 0 amide bonds. The molecule has 0 aliphatic carbocycles. The maximum Gasteiger partial charge on any atom is 0.209 e. The molecule has 0 bridgehead atoms. The van der Waals surface area contributed by atoms with Crippen molar-refractivity contribution in [3.05, 3.63) is 29.3 Å². The van der Waals surface area contributed by atoms with Crippen LogP contribution in [0.1, 0.15) is 0 Å². The molecule has 2 rings (SSSR count).